The number of ether oxygens (including phenoxy) is 1. The van der Waals surface area contributed by atoms with Gasteiger partial charge in [0, 0.05) is 37.1 Å². The molecule has 0 aliphatic carbocycles. The molecule has 0 radical (unpaired) electrons. The molecule has 0 amide bonds. The average molecular weight is 430 g/mol. The summed E-state index contributed by atoms with van der Waals surface area (Å²) in [5.41, 5.74) is 1.97. The largest absolute Gasteiger partial charge is 0.497 e. The number of hydrogen-bond acceptors (Lipinski definition) is 6. The number of aromatic nitrogens is 1. The Kier molecular flexibility index (Phi) is 5.96. The van der Waals surface area contributed by atoms with E-state index in [0.29, 0.717) is 31.1 Å². The molecule has 1 aromatic heterocycles. The van der Waals surface area contributed by atoms with E-state index in [1.807, 2.05) is 30.3 Å². The first-order chi connectivity index (χ1) is 14.1. The minimum Gasteiger partial charge on any atom is -0.497 e. The SMILES string of the molecule is COc1cccc(-c2csc(CN3CCN(S(=O)(=O)c4ccccc4)CC3)n2)c1. The maximum absolute atomic E-state index is 12.8. The lowest BCUT2D eigenvalue weighted by molar-refractivity contribution is 0.181. The highest BCUT2D eigenvalue weighted by Gasteiger charge is 2.28. The predicted octanol–water partition coefficient (Wildman–Crippen LogP) is 3.33. The molecule has 0 atom stereocenters. The van der Waals surface area contributed by atoms with Crippen LogP contribution in [0.5, 0.6) is 5.75 Å². The summed E-state index contributed by atoms with van der Waals surface area (Å²) >= 11 is 1.63. The Bertz CT molecular complexity index is 1060. The van der Waals surface area contributed by atoms with E-state index in [4.69, 9.17) is 9.72 Å². The van der Waals surface area contributed by atoms with Crippen LogP contribution >= 0.6 is 11.3 Å². The summed E-state index contributed by atoms with van der Waals surface area (Å²) in [6, 6.07) is 16.5. The molecule has 1 aliphatic rings. The van der Waals surface area contributed by atoms with Gasteiger partial charge in [-0.3, -0.25) is 4.90 Å². The molecule has 0 bridgehead atoms. The zero-order valence-electron chi connectivity index (χ0n) is 16.2. The molecule has 6 nitrogen and oxygen atoms in total. The molecule has 29 heavy (non-hydrogen) atoms. The summed E-state index contributed by atoms with van der Waals surface area (Å²) in [7, 11) is -1.76. The van der Waals surface area contributed by atoms with Crippen LogP contribution in [0, 0.1) is 0 Å². The molecule has 0 N–H and O–H groups in total. The Morgan fingerprint density at radius 1 is 1.03 bits per heavy atom. The van der Waals surface area contributed by atoms with E-state index in [0.717, 1.165) is 28.6 Å². The summed E-state index contributed by atoms with van der Waals surface area (Å²) in [4.78, 5) is 7.37. The fourth-order valence-corrected chi connectivity index (χ4v) is 5.65. The maximum atomic E-state index is 12.8. The lowest BCUT2D eigenvalue weighted by Crippen LogP contribution is -2.48. The third-order valence-electron chi connectivity index (χ3n) is 4.99. The second-order valence-electron chi connectivity index (χ2n) is 6.85. The van der Waals surface area contributed by atoms with E-state index >= 15 is 0 Å². The molecule has 2 aromatic carbocycles. The number of hydrogen-bond donors (Lipinski definition) is 0. The van der Waals surface area contributed by atoms with Gasteiger partial charge in [0.25, 0.3) is 0 Å². The topological polar surface area (TPSA) is 62.7 Å². The van der Waals surface area contributed by atoms with Crippen molar-refractivity contribution in [2.45, 2.75) is 11.4 Å². The first-order valence-electron chi connectivity index (χ1n) is 9.42. The van der Waals surface area contributed by atoms with Crippen LogP contribution in [-0.4, -0.2) is 55.9 Å². The molecule has 8 heteroatoms. The highest BCUT2D eigenvalue weighted by Crippen LogP contribution is 2.26. The van der Waals surface area contributed by atoms with Crippen molar-refractivity contribution in [2.24, 2.45) is 0 Å². The summed E-state index contributed by atoms with van der Waals surface area (Å²) in [6.45, 7) is 3.10. The van der Waals surface area contributed by atoms with Crippen molar-refractivity contribution in [3.05, 3.63) is 65.0 Å². The molecule has 2 heterocycles. The lowest BCUT2D eigenvalue weighted by Gasteiger charge is -2.33. The van der Waals surface area contributed by atoms with Crippen molar-refractivity contribution in [2.75, 3.05) is 33.3 Å². The average Bonchev–Trinajstić information content (AvgIpc) is 3.23. The van der Waals surface area contributed by atoms with Crippen LogP contribution in [0.4, 0.5) is 0 Å². The minimum atomic E-state index is -3.42. The lowest BCUT2D eigenvalue weighted by atomic mass is 10.2. The summed E-state index contributed by atoms with van der Waals surface area (Å²) in [6.07, 6.45) is 0. The van der Waals surface area contributed by atoms with E-state index < -0.39 is 10.0 Å². The van der Waals surface area contributed by atoms with Gasteiger partial charge in [0.1, 0.15) is 10.8 Å². The Labute approximate surface area is 175 Å². The molecular weight excluding hydrogens is 406 g/mol. The van der Waals surface area contributed by atoms with Crippen molar-refractivity contribution in [1.29, 1.82) is 0 Å². The van der Waals surface area contributed by atoms with Gasteiger partial charge in [-0.05, 0) is 24.3 Å². The Morgan fingerprint density at radius 3 is 2.52 bits per heavy atom. The van der Waals surface area contributed by atoms with Crippen molar-refractivity contribution in [3.63, 3.8) is 0 Å². The van der Waals surface area contributed by atoms with Crippen LogP contribution in [0.1, 0.15) is 5.01 Å². The number of sulfonamides is 1. The van der Waals surface area contributed by atoms with Crippen LogP contribution in [0.25, 0.3) is 11.3 Å². The maximum Gasteiger partial charge on any atom is 0.243 e. The first kappa shape index (κ1) is 20.0. The van der Waals surface area contributed by atoms with Gasteiger partial charge < -0.3 is 4.74 Å². The van der Waals surface area contributed by atoms with E-state index in [-0.39, 0.29) is 0 Å². The van der Waals surface area contributed by atoms with Crippen molar-refractivity contribution >= 4 is 21.4 Å². The van der Waals surface area contributed by atoms with E-state index in [2.05, 4.69) is 10.3 Å². The third kappa shape index (κ3) is 4.51. The highest BCUT2D eigenvalue weighted by atomic mass is 32.2. The fourth-order valence-electron chi connectivity index (χ4n) is 3.36. The molecule has 0 saturated carbocycles. The number of piperazine rings is 1. The third-order valence-corrected chi connectivity index (χ3v) is 7.73. The zero-order valence-corrected chi connectivity index (χ0v) is 17.8. The molecule has 3 aromatic rings. The van der Waals surface area contributed by atoms with E-state index in [9.17, 15) is 8.42 Å². The standard InChI is InChI=1S/C21H23N3O3S2/c1-27-18-7-5-6-17(14-18)20-16-28-21(22-20)15-23-10-12-24(13-11-23)29(25,26)19-8-3-2-4-9-19/h2-9,14,16H,10-13,15H2,1H3. The number of rotatable bonds is 6. The number of thiazole rings is 1. The van der Waals surface area contributed by atoms with Crippen molar-refractivity contribution in [1.82, 2.24) is 14.2 Å². The Hall–Kier alpha value is -2.26. The van der Waals surface area contributed by atoms with Crippen molar-refractivity contribution in [3.8, 4) is 17.0 Å². The normalized spacial score (nSPS) is 16.0. The number of methoxy groups -OCH3 is 1. The summed E-state index contributed by atoms with van der Waals surface area (Å²) in [5, 5.41) is 3.09. The smallest absolute Gasteiger partial charge is 0.243 e. The molecule has 1 saturated heterocycles. The first-order valence-corrected chi connectivity index (χ1v) is 11.7. The molecular formula is C21H23N3O3S2. The second kappa shape index (κ2) is 8.62. The van der Waals surface area contributed by atoms with Crippen LogP contribution in [0.2, 0.25) is 0 Å². The van der Waals surface area contributed by atoms with Gasteiger partial charge in [0.2, 0.25) is 10.0 Å². The van der Waals surface area contributed by atoms with E-state index in [1.54, 1.807) is 47.0 Å². The van der Waals surface area contributed by atoms with Gasteiger partial charge in [-0.1, -0.05) is 30.3 Å². The monoisotopic (exact) mass is 429 g/mol. The molecule has 1 aliphatic heterocycles. The molecule has 152 valence electrons. The van der Waals surface area contributed by atoms with Crippen LogP contribution in [0.15, 0.2) is 64.9 Å². The van der Waals surface area contributed by atoms with Crippen LogP contribution < -0.4 is 4.74 Å². The molecule has 1 fully saturated rings. The Balaban J connectivity index is 1.37. The van der Waals surface area contributed by atoms with Gasteiger partial charge in [-0.2, -0.15) is 4.31 Å². The zero-order chi connectivity index (χ0) is 20.3. The highest BCUT2D eigenvalue weighted by molar-refractivity contribution is 7.89. The number of nitrogens with zero attached hydrogens (tertiary/aromatic N) is 3. The van der Waals surface area contributed by atoms with E-state index in [1.165, 1.54) is 0 Å². The number of benzene rings is 2. The molecule has 4 rings (SSSR count). The van der Waals surface area contributed by atoms with Gasteiger partial charge >= 0.3 is 0 Å². The minimum absolute atomic E-state index is 0.358. The van der Waals surface area contributed by atoms with Gasteiger partial charge in [0.05, 0.1) is 24.2 Å². The molecule has 0 spiro atoms. The van der Waals surface area contributed by atoms with Gasteiger partial charge in [0.15, 0.2) is 0 Å². The van der Waals surface area contributed by atoms with Gasteiger partial charge in [-0.25, -0.2) is 13.4 Å². The summed E-state index contributed by atoms with van der Waals surface area (Å²) in [5.74, 6) is 0.813. The predicted molar refractivity (Wildman–Crippen MR) is 115 cm³/mol. The van der Waals surface area contributed by atoms with Crippen molar-refractivity contribution < 1.29 is 13.2 Å². The molecule has 0 unspecified atom stereocenters. The second-order valence-corrected chi connectivity index (χ2v) is 9.73. The summed E-state index contributed by atoms with van der Waals surface area (Å²) < 4.78 is 32.4. The van der Waals surface area contributed by atoms with Crippen LogP contribution in [-0.2, 0) is 16.6 Å². The quantitative estimate of drug-likeness (QED) is 0.602. The Morgan fingerprint density at radius 2 is 1.79 bits per heavy atom. The fraction of sp³-hybridized carbons (Fsp3) is 0.286. The van der Waals surface area contributed by atoms with Crippen LogP contribution in [0.3, 0.4) is 0 Å². The van der Waals surface area contributed by atoms with Gasteiger partial charge in [-0.15, -0.1) is 11.3 Å².